The molecule has 2 aromatic rings. The first-order valence-corrected chi connectivity index (χ1v) is 12.5. The number of hydrogen-bond donors (Lipinski definition) is 1. The van der Waals surface area contributed by atoms with Crippen molar-refractivity contribution in [3.05, 3.63) is 54.1 Å². The summed E-state index contributed by atoms with van der Waals surface area (Å²) >= 11 is 0. The largest absolute Gasteiger partial charge is 0.396 e. The zero-order valence-electron chi connectivity index (χ0n) is 19.4. The number of hydrogen-bond acceptors (Lipinski definition) is 1. The molecule has 0 aliphatic carbocycles. The Labute approximate surface area is 185 Å². The lowest BCUT2D eigenvalue weighted by Crippen LogP contribution is -2.36. The second-order valence-electron chi connectivity index (χ2n) is 8.83. The lowest BCUT2D eigenvalue weighted by atomic mass is 10.0. The van der Waals surface area contributed by atoms with Crippen molar-refractivity contribution in [2.24, 2.45) is 0 Å². The van der Waals surface area contributed by atoms with Crippen molar-refractivity contribution < 1.29 is 9.67 Å². The number of benzene rings is 1. The Morgan fingerprint density at radius 3 is 1.73 bits per heavy atom. The lowest BCUT2D eigenvalue weighted by molar-refractivity contribution is -0.694. The SMILES string of the molecule is Cc1n(CCCCCCCCCCCCCCCCO)cc[n+]1Cc1ccccc1. The van der Waals surface area contributed by atoms with E-state index in [4.69, 9.17) is 5.11 Å². The summed E-state index contributed by atoms with van der Waals surface area (Å²) < 4.78 is 4.76. The number of unbranched alkanes of at least 4 members (excludes halogenated alkanes) is 13. The smallest absolute Gasteiger partial charge is 0.253 e. The predicted molar refractivity (Wildman–Crippen MR) is 127 cm³/mol. The highest BCUT2D eigenvalue weighted by Crippen LogP contribution is 2.13. The Morgan fingerprint density at radius 2 is 1.20 bits per heavy atom. The van der Waals surface area contributed by atoms with E-state index in [0.29, 0.717) is 6.61 Å². The van der Waals surface area contributed by atoms with Crippen LogP contribution in [-0.4, -0.2) is 16.3 Å². The molecule has 0 aliphatic rings. The first-order chi connectivity index (χ1) is 14.8. The summed E-state index contributed by atoms with van der Waals surface area (Å²) in [6.45, 7) is 4.70. The molecular weight excluding hydrogens is 368 g/mol. The van der Waals surface area contributed by atoms with Crippen molar-refractivity contribution in [2.45, 2.75) is 110 Å². The molecule has 1 aromatic heterocycles. The summed E-state index contributed by atoms with van der Waals surface area (Å²) in [7, 11) is 0. The maximum absolute atomic E-state index is 8.77. The second kappa shape index (κ2) is 16.1. The van der Waals surface area contributed by atoms with Gasteiger partial charge in [-0.3, -0.25) is 0 Å². The van der Waals surface area contributed by atoms with E-state index in [9.17, 15) is 0 Å². The van der Waals surface area contributed by atoms with Crippen LogP contribution in [-0.2, 0) is 13.1 Å². The zero-order chi connectivity index (χ0) is 21.3. The molecule has 0 amide bonds. The van der Waals surface area contributed by atoms with Crippen molar-refractivity contribution >= 4 is 0 Å². The molecule has 0 radical (unpaired) electrons. The van der Waals surface area contributed by atoms with Crippen LogP contribution in [0.5, 0.6) is 0 Å². The van der Waals surface area contributed by atoms with E-state index in [1.165, 1.54) is 94.9 Å². The molecule has 0 saturated carbocycles. The molecule has 0 bridgehead atoms. The van der Waals surface area contributed by atoms with Gasteiger partial charge in [0.05, 0.1) is 6.54 Å². The maximum Gasteiger partial charge on any atom is 0.253 e. The average Bonchev–Trinajstić information content (AvgIpc) is 3.11. The van der Waals surface area contributed by atoms with Crippen molar-refractivity contribution in [3.63, 3.8) is 0 Å². The summed E-state index contributed by atoms with van der Waals surface area (Å²) in [5.74, 6) is 1.35. The van der Waals surface area contributed by atoms with Gasteiger partial charge in [-0.1, -0.05) is 101 Å². The van der Waals surface area contributed by atoms with Gasteiger partial charge in [0, 0.05) is 13.5 Å². The molecule has 2 rings (SSSR count). The third-order valence-electron chi connectivity index (χ3n) is 6.26. The van der Waals surface area contributed by atoms with Gasteiger partial charge in [-0.2, -0.15) is 0 Å². The van der Waals surface area contributed by atoms with Crippen LogP contribution >= 0.6 is 0 Å². The minimum Gasteiger partial charge on any atom is -0.396 e. The number of aryl methyl sites for hydroxylation is 1. The maximum atomic E-state index is 8.77. The van der Waals surface area contributed by atoms with Gasteiger partial charge >= 0.3 is 0 Å². The van der Waals surface area contributed by atoms with Gasteiger partial charge in [-0.05, 0) is 24.8 Å². The Morgan fingerprint density at radius 1 is 0.700 bits per heavy atom. The lowest BCUT2D eigenvalue weighted by Gasteiger charge is -2.04. The molecule has 1 aromatic carbocycles. The molecule has 3 heteroatoms. The Bertz CT molecular complexity index is 650. The minimum absolute atomic E-state index is 0.362. The van der Waals surface area contributed by atoms with Gasteiger partial charge in [-0.15, -0.1) is 0 Å². The van der Waals surface area contributed by atoms with Gasteiger partial charge in [0.2, 0.25) is 0 Å². The fourth-order valence-electron chi connectivity index (χ4n) is 4.24. The van der Waals surface area contributed by atoms with E-state index >= 15 is 0 Å². The van der Waals surface area contributed by atoms with Crippen LogP contribution in [0.2, 0.25) is 0 Å². The third-order valence-corrected chi connectivity index (χ3v) is 6.26. The highest BCUT2D eigenvalue weighted by atomic mass is 16.2. The normalized spacial score (nSPS) is 11.3. The van der Waals surface area contributed by atoms with Gasteiger partial charge in [0.25, 0.3) is 5.82 Å². The van der Waals surface area contributed by atoms with E-state index in [0.717, 1.165) is 19.5 Å². The van der Waals surface area contributed by atoms with Crippen molar-refractivity contribution in [1.29, 1.82) is 0 Å². The van der Waals surface area contributed by atoms with Crippen molar-refractivity contribution in [2.75, 3.05) is 6.61 Å². The number of nitrogens with zero attached hydrogens (tertiary/aromatic N) is 2. The summed E-state index contributed by atoms with van der Waals surface area (Å²) in [5.41, 5.74) is 1.36. The standard InChI is InChI=1S/C27H45N2O/c1-26-28(22-23-29(26)25-27-19-15-14-16-20-27)21-17-12-10-8-6-4-2-3-5-7-9-11-13-18-24-30/h14-16,19-20,22-23,30H,2-13,17-18,21,24-25H2,1H3/q+1. The minimum atomic E-state index is 0.362. The van der Waals surface area contributed by atoms with E-state index in [1.807, 2.05) is 0 Å². The molecule has 30 heavy (non-hydrogen) atoms. The van der Waals surface area contributed by atoms with Gasteiger partial charge < -0.3 is 5.11 Å². The molecule has 0 unspecified atom stereocenters. The van der Waals surface area contributed by atoms with Gasteiger partial charge in [0.1, 0.15) is 18.9 Å². The van der Waals surface area contributed by atoms with Crippen LogP contribution < -0.4 is 4.57 Å². The topological polar surface area (TPSA) is 29.0 Å². The number of imidazole rings is 1. The molecule has 3 nitrogen and oxygen atoms in total. The summed E-state index contributed by atoms with van der Waals surface area (Å²) in [6, 6.07) is 10.7. The summed E-state index contributed by atoms with van der Waals surface area (Å²) in [6.07, 6.45) is 23.2. The monoisotopic (exact) mass is 413 g/mol. The van der Waals surface area contributed by atoms with E-state index < -0.39 is 0 Å². The first-order valence-electron chi connectivity index (χ1n) is 12.5. The van der Waals surface area contributed by atoms with Gasteiger partial charge in [0.15, 0.2) is 0 Å². The van der Waals surface area contributed by atoms with Crippen LogP contribution in [0.4, 0.5) is 0 Å². The Hall–Kier alpha value is -1.61. The number of aromatic nitrogens is 2. The van der Waals surface area contributed by atoms with Crippen LogP contribution in [0, 0.1) is 6.92 Å². The molecule has 0 atom stereocenters. The molecule has 0 aliphatic heterocycles. The van der Waals surface area contributed by atoms with E-state index in [1.54, 1.807) is 0 Å². The van der Waals surface area contributed by atoms with Crippen LogP contribution in [0.1, 0.15) is 101 Å². The van der Waals surface area contributed by atoms with Crippen LogP contribution in [0.3, 0.4) is 0 Å². The molecule has 168 valence electrons. The molecule has 1 heterocycles. The highest BCUT2D eigenvalue weighted by Gasteiger charge is 2.11. The van der Waals surface area contributed by atoms with Crippen molar-refractivity contribution in [3.8, 4) is 0 Å². The third kappa shape index (κ3) is 10.4. The summed E-state index contributed by atoms with van der Waals surface area (Å²) in [5, 5.41) is 8.77. The second-order valence-corrected chi connectivity index (χ2v) is 8.83. The first kappa shape index (κ1) is 24.7. The zero-order valence-corrected chi connectivity index (χ0v) is 19.4. The fraction of sp³-hybridized carbons (Fsp3) is 0.667. The van der Waals surface area contributed by atoms with E-state index in [-0.39, 0.29) is 0 Å². The quantitative estimate of drug-likeness (QED) is 0.217. The fourth-order valence-corrected chi connectivity index (χ4v) is 4.24. The van der Waals surface area contributed by atoms with Crippen LogP contribution in [0.25, 0.3) is 0 Å². The molecule has 0 fully saturated rings. The number of rotatable bonds is 18. The van der Waals surface area contributed by atoms with Crippen LogP contribution in [0.15, 0.2) is 42.7 Å². The molecule has 0 saturated heterocycles. The molecule has 1 N–H and O–H groups in total. The van der Waals surface area contributed by atoms with E-state index in [2.05, 4.69) is 58.8 Å². The predicted octanol–water partition coefficient (Wildman–Crippen LogP) is 6.59. The van der Waals surface area contributed by atoms with Crippen molar-refractivity contribution in [1.82, 2.24) is 4.57 Å². The van der Waals surface area contributed by atoms with Gasteiger partial charge in [-0.25, -0.2) is 9.13 Å². The number of aliphatic hydroxyl groups excluding tert-OH is 1. The Kier molecular flexibility index (Phi) is 13.3. The Balaban J connectivity index is 1.42. The average molecular weight is 414 g/mol. The molecular formula is C27H45N2O+. The highest BCUT2D eigenvalue weighted by molar-refractivity contribution is 5.13. The number of aliphatic hydroxyl groups is 1. The summed E-state index contributed by atoms with van der Waals surface area (Å²) in [4.78, 5) is 0. The molecule has 0 spiro atoms.